The molecular weight excluding hydrogens is 258 g/mol. The van der Waals surface area contributed by atoms with Crippen molar-refractivity contribution in [3.8, 4) is 0 Å². The van der Waals surface area contributed by atoms with Gasteiger partial charge in [-0.1, -0.05) is 49.6 Å². The maximum atomic E-state index is 4.95. The molecule has 3 heteroatoms. The average Bonchev–Trinajstić information content (AvgIpc) is 3.04. The lowest BCUT2D eigenvalue weighted by molar-refractivity contribution is 0.329. The maximum absolute atomic E-state index is 4.95. The second kappa shape index (κ2) is 5.23. The molecule has 0 atom stereocenters. The molecular formula is C18H21N3. The fourth-order valence-corrected chi connectivity index (χ4v) is 3.84. The lowest BCUT2D eigenvalue weighted by atomic mass is 9.68. The van der Waals surface area contributed by atoms with Crippen molar-refractivity contribution < 1.29 is 0 Å². The summed E-state index contributed by atoms with van der Waals surface area (Å²) in [6.45, 7) is 1.80. The monoisotopic (exact) mass is 279 g/mol. The molecule has 4 rings (SSSR count). The van der Waals surface area contributed by atoms with Crippen LogP contribution >= 0.6 is 0 Å². The number of rotatable bonds is 2. The zero-order valence-corrected chi connectivity index (χ0v) is 12.3. The van der Waals surface area contributed by atoms with Gasteiger partial charge in [-0.25, -0.2) is 9.97 Å². The highest BCUT2D eigenvalue weighted by Crippen LogP contribution is 2.43. The van der Waals surface area contributed by atoms with E-state index >= 15 is 0 Å². The standard InChI is InChI=1S/C18H21N3/c1-3-7-15(8-4-1)18(9-5-2-6-10-18)17-20-12-14-11-19-13-16(14)21-17/h1,3-4,7-8,12,19H,2,5-6,9-11,13H2. The molecule has 0 saturated heterocycles. The number of fused-ring (bicyclic) bond motifs is 1. The molecule has 2 aromatic rings. The van der Waals surface area contributed by atoms with E-state index in [0.29, 0.717) is 0 Å². The number of hydrogen-bond acceptors (Lipinski definition) is 3. The number of nitrogens with one attached hydrogen (secondary N) is 1. The molecule has 1 aliphatic carbocycles. The van der Waals surface area contributed by atoms with Crippen LogP contribution in [0.5, 0.6) is 0 Å². The van der Waals surface area contributed by atoms with Gasteiger partial charge in [-0.3, -0.25) is 0 Å². The highest BCUT2D eigenvalue weighted by molar-refractivity contribution is 5.35. The van der Waals surface area contributed by atoms with Gasteiger partial charge in [-0.05, 0) is 18.4 Å². The van der Waals surface area contributed by atoms with Crippen molar-refractivity contribution in [2.24, 2.45) is 0 Å². The fourth-order valence-electron chi connectivity index (χ4n) is 3.84. The van der Waals surface area contributed by atoms with Gasteiger partial charge in [0.15, 0.2) is 0 Å². The Morgan fingerprint density at radius 1 is 0.952 bits per heavy atom. The Balaban J connectivity index is 1.83. The van der Waals surface area contributed by atoms with Crippen LogP contribution in [-0.4, -0.2) is 9.97 Å². The van der Waals surface area contributed by atoms with E-state index in [1.807, 2.05) is 6.20 Å². The van der Waals surface area contributed by atoms with Crippen LogP contribution in [0.4, 0.5) is 0 Å². The van der Waals surface area contributed by atoms with Crippen LogP contribution in [0.25, 0.3) is 0 Å². The lowest BCUT2D eigenvalue weighted by Crippen LogP contribution is -2.33. The first-order valence-corrected chi connectivity index (χ1v) is 8.00. The largest absolute Gasteiger partial charge is 0.307 e. The molecule has 1 aliphatic heterocycles. The summed E-state index contributed by atoms with van der Waals surface area (Å²) in [7, 11) is 0. The van der Waals surface area contributed by atoms with Crippen LogP contribution in [0.2, 0.25) is 0 Å². The van der Waals surface area contributed by atoms with E-state index in [1.54, 1.807) is 0 Å². The minimum atomic E-state index is 0.0249. The van der Waals surface area contributed by atoms with Gasteiger partial charge in [0, 0.05) is 24.8 Å². The Labute approximate surface area is 125 Å². The third-order valence-electron chi connectivity index (χ3n) is 5.02. The van der Waals surface area contributed by atoms with Gasteiger partial charge >= 0.3 is 0 Å². The van der Waals surface area contributed by atoms with E-state index in [2.05, 4.69) is 35.6 Å². The molecule has 1 N–H and O–H groups in total. The molecule has 1 saturated carbocycles. The number of benzene rings is 1. The summed E-state index contributed by atoms with van der Waals surface area (Å²) < 4.78 is 0. The normalized spacial score (nSPS) is 20.2. The summed E-state index contributed by atoms with van der Waals surface area (Å²) in [5.41, 5.74) is 3.87. The molecule has 1 aromatic carbocycles. The van der Waals surface area contributed by atoms with E-state index in [-0.39, 0.29) is 5.41 Å². The summed E-state index contributed by atoms with van der Waals surface area (Å²) >= 11 is 0. The SMILES string of the molecule is c1ccc(C2(c3ncc4c(n3)CNC4)CCCCC2)cc1. The second-order valence-corrected chi connectivity index (χ2v) is 6.28. The van der Waals surface area contributed by atoms with Crippen LogP contribution in [0, 0.1) is 0 Å². The first-order valence-electron chi connectivity index (χ1n) is 8.00. The van der Waals surface area contributed by atoms with Crippen molar-refractivity contribution >= 4 is 0 Å². The van der Waals surface area contributed by atoms with Crippen LogP contribution in [0.1, 0.15) is 54.7 Å². The highest BCUT2D eigenvalue weighted by Gasteiger charge is 2.38. The van der Waals surface area contributed by atoms with Crippen LogP contribution < -0.4 is 5.32 Å². The van der Waals surface area contributed by atoms with Crippen molar-refractivity contribution in [1.82, 2.24) is 15.3 Å². The Morgan fingerprint density at radius 2 is 1.76 bits per heavy atom. The minimum Gasteiger partial charge on any atom is -0.307 e. The fraction of sp³-hybridized carbons (Fsp3) is 0.444. The van der Waals surface area contributed by atoms with Gasteiger partial charge in [-0.15, -0.1) is 0 Å². The van der Waals surface area contributed by atoms with E-state index in [4.69, 9.17) is 9.97 Å². The number of nitrogens with zero attached hydrogens (tertiary/aromatic N) is 2. The molecule has 3 nitrogen and oxygen atoms in total. The Kier molecular flexibility index (Phi) is 3.23. The molecule has 1 fully saturated rings. The van der Waals surface area contributed by atoms with Crippen molar-refractivity contribution in [3.05, 3.63) is 59.2 Å². The summed E-state index contributed by atoms with van der Waals surface area (Å²) in [6, 6.07) is 10.9. The molecule has 0 amide bonds. The second-order valence-electron chi connectivity index (χ2n) is 6.28. The molecule has 108 valence electrons. The van der Waals surface area contributed by atoms with Gasteiger partial charge < -0.3 is 5.32 Å². The number of hydrogen-bond donors (Lipinski definition) is 1. The predicted molar refractivity (Wildman–Crippen MR) is 82.9 cm³/mol. The third-order valence-corrected chi connectivity index (χ3v) is 5.02. The molecule has 0 spiro atoms. The molecule has 2 heterocycles. The molecule has 0 radical (unpaired) electrons. The van der Waals surface area contributed by atoms with E-state index < -0.39 is 0 Å². The topological polar surface area (TPSA) is 37.8 Å². The van der Waals surface area contributed by atoms with Crippen LogP contribution in [0.3, 0.4) is 0 Å². The van der Waals surface area contributed by atoms with Gasteiger partial charge in [0.2, 0.25) is 0 Å². The molecule has 21 heavy (non-hydrogen) atoms. The highest BCUT2D eigenvalue weighted by atomic mass is 15.0. The smallest absolute Gasteiger partial charge is 0.139 e. The quantitative estimate of drug-likeness (QED) is 0.916. The van der Waals surface area contributed by atoms with Gasteiger partial charge in [0.05, 0.1) is 11.1 Å². The first-order chi connectivity index (χ1) is 10.4. The van der Waals surface area contributed by atoms with E-state index in [0.717, 1.165) is 18.9 Å². The molecule has 0 bridgehead atoms. The van der Waals surface area contributed by atoms with E-state index in [9.17, 15) is 0 Å². The van der Waals surface area contributed by atoms with Crippen molar-refractivity contribution in [2.45, 2.75) is 50.6 Å². The van der Waals surface area contributed by atoms with Gasteiger partial charge in [0.1, 0.15) is 5.82 Å². The van der Waals surface area contributed by atoms with E-state index in [1.165, 1.54) is 48.9 Å². The van der Waals surface area contributed by atoms with Crippen molar-refractivity contribution in [2.75, 3.05) is 0 Å². The zero-order valence-electron chi connectivity index (χ0n) is 12.3. The maximum Gasteiger partial charge on any atom is 0.139 e. The molecule has 0 unspecified atom stereocenters. The summed E-state index contributed by atoms with van der Waals surface area (Å²) in [6.07, 6.45) is 8.26. The van der Waals surface area contributed by atoms with Crippen molar-refractivity contribution in [3.63, 3.8) is 0 Å². The Bertz CT molecular complexity index is 630. The predicted octanol–water partition coefficient (Wildman–Crippen LogP) is 3.33. The lowest BCUT2D eigenvalue weighted by Gasteiger charge is -2.36. The summed E-state index contributed by atoms with van der Waals surface area (Å²) in [5, 5.41) is 3.37. The zero-order chi connectivity index (χ0) is 14.1. The van der Waals surface area contributed by atoms with Crippen molar-refractivity contribution in [1.29, 1.82) is 0 Å². The average molecular weight is 279 g/mol. The van der Waals surface area contributed by atoms with Gasteiger partial charge in [-0.2, -0.15) is 0 Å². The van der Waals surface area contributed by atoms with Crippen LogP contribution in [-0.2, 0) is 18.5 Å². The third kappa shape index (κ3) is 2.16. The van der Waals surface area contributed by atoms with Gasteiger partial charge in [0.25, 0.3) is 0 Å². The molecule has 1 aromatic heterocycles. The Morgan fingerprint density at radius 3 is 2.57 bits per heavy atom. The summed E-state index contributed by atoms with van der Waals surface area (Å²) in [4.78, 5) is 9.72. The minimum absolute atomic E-state index is 0.0249. The summed E-state index contributed by atoms with van der Waals surface area (Å²) in [5.74, 6) is 1.04. The number of aromatic nitrogens is 2. The Hall–Kier alpha value is -1.74. The first kappa shape index (κ1) is 13.0. The molecule has 2 aliphatic rings. The van der Waals surface area contributed by atoms with Crippen LogP contribution in [0.15, 0.2) is 36.5 Å².